The van der Waals surface area contributed by atoms with Crippen LogP contribution in [-0.4, -0.2) is 66.4 Å². The quantitative estimate of drug-likeness (QED) is 0.312. The number of carbonyl (C=O) groups is 1. The van der Waals surface area contributed by atoms with Gasteiger partial charge in [-0.3, -0.25) is 18.7 Å². The SMILES string of the molecule is CC1(C)C(N)=N[C@](C)(c2nc(NC(=O)c3cnc(OCC(F)F)cn3)ccc2F)[C@H]2CC(F)(F)CN[SH]21=O. The Bertz CT molecular complexity index is 1320. The fraction of sp³-hybridized carbons (Fsp3) is 0.500. The molecule has 10 nitrogen and oxygen atoms in total. The number of amidine groups is 1. The van der Waals surface area contributed by atoms with Crippen molar-refractivity contribution in [1.82, 2.24) is 19.7 Å². The number of amides is 1. The van der Waals surface area contributed by atoms with Crippen LogP contribution in [0.5, 0.6) is 5.88 Å². The summed E-state index contributed by atoms with van der Waals surface area (Å²) in [6, 6.07) is 2.09. The summed E-state index contributed by atoms with van der Waals surface area (Å²) in [7, 11) is -3.73. The normalized spacial score (nSPS) is 26.1. The first kappa shape index (κ1) is 27.8. The van der Waals surface area contributed by atoms with Gasteiger partial charge in [0.15, 0.2) is 6.61 Å². The van der Waals surface area contributed by atoms with Gasteiger partial charge < -0.3 is 15.8 Å². The lowest BCUT2D eigenvalue weighted by Crippen LogP contribution is -2.72. The second-order valence-corrected chi connectivity index (χ2v) is 13.1. The molecule has 2 aliphatic rings. The summed E-state index contributed by atoms with van der Waals surface area (Å²) < 4.78 is 88.8. The predicted octanol–water partition coefficient (Wildman–Crippen LogP) is 2.20. The number of aliphatic imine (C=N–C) groups is 1. The number of hydrogen-bond acceptors (Lipinski definition) is 8. The molecule has 38 heavy (non-hydrogen) atoms. The van der Waals surface area contributed by atoms with Gasteiger partial charge in [0.05, 0.1) is 28.9 Å². The molecule has 1 amide bonds. The number of hydrogen-bond donors (Lipinski definition) is 4. The first-order chi connectivity index (χ1) is 17.6. The van der Waals surface area contributed by atoms with Crippen LogP contribution in [0, 0.1) is 5.82 Å². The minimum atomic E-state index is -3.73. The van der Waals surface area contributed by atoms with Gasteiger partial charge >= 0.3 is 0 Å². The third-order valence-electron chi connectivity index (χ3n) is 6.75. The number of ether oxygens (including phenoxy) is 1. The van der Waals surface area contributed by atoms with E-state index in [9.17, 15) is 26.6 Å². The molecule has 16 heteroatoms. The molecule has 2 aliphatic heterocycles. The molecule has 0 aromatic carbocycles. The van der Waals surface area contributed by atoms with E-state index in [1.165, 1.54) is 20.8 Å². The van der Waals surface area contributed by atoms with Crippen molar-refractivity contribution in [1.29, 1.82) is 0 Å². The predicted molar refractivity (Wildman–Crippen MR) is 130 cm³/mol. The van der Waals surface area contributed by atoms with Crippen molar-refractivity contribution >= 4 is 27.7 Å². The molecule has 0 spiro atoms. The highest BCUT2D eigenvalue weighted by atomic mass is 32.3. The standard InChI is InChI=1S/C22H26F5N7O3S/c1-20(2)19(28)34-21(3,13-6-22(26,27)10-31-38(13,20)36)17-11(23)4-5-15(32-17)33-18(35)12-7-30-16(8-29-12)37-9-14(24)25/h4-5,7-8,13-14,38H,6,9-10H2,1-3H3,(H2,28,34)(H,31,36)(H,32,33,35)/t13-,21+/m1/s1. The Kier molecular flexibility index (Phi) is 6.93. The topological polar surface area (TPSA) is 144 Å². The van der Waals surface area contributed by atoms with Crippen molar-refractivity contribution in [2.45, 2.75) is 55.1 Å². The van der Waals surface area contributed by atoms with Gasteiger partial charge in [0, 0.05) is 6.42 Å². The van der Waals surface area contributed by atoms with Crippen LogP contribution < -0.4 is 20.5 Å². The van der Waals surface area contributed by atoms with E-state index in [2.05, 4.69) is 30.0 Å². The number of thiol groups is 1. The first-order valence-corrected chi connectivity index (χ1v) is 13.2. The van der Waals surface area contributed by atoms with Crippen molar-refractivity contribution in [3.63, 3.8) is 0 Å². The maximum Gasteiger partial charge on any atom is 0.277 e. The Labute approximate surface area is 215 Å². The first-order valence-electron chi connectivity index (χ1n) is 11.4. The summed E-state index contributed by atoms with van der Waals surface area (Å²) >= 11 is 0. The zero-order valence-electron chi connectivity index (χ0n) is 20.5. The van der Waals surface area contributed by atoms with Gasteiger partial charge in [0.25, 0.3) is 18.3 Å². The van der Waals surface area contributed by atoms with E-state index in [0.29, 0.717) is 0 Å². The Balaban J connectivity index is 1.67. The van der Waals surface area contributed by atoms with Gasteiger partial charge in [0.1, 0.15) is 34.4 Å². The zero-order chi connectivity index (χ0) is 28.1. The molecule has 2 aromatic heterocycles. The van der Waals surface area contributed by atoms with Crippen LogP contribution in [0.3, 0.4) is 0 Å². The Morgan fingerprint density at radius 3 is 2.61 bits per heavy atom. The Hall–Kier alpha value is -3.27. The molecule has 4 rings (SSSR count). The molecule has 1 saturated heterocycles. The fourth-order valence-electron chi connectivity index (χ4n) is 4.51. The maximum absolute atomic E-state index is 15.2. The minimum Gasteiger partial charge on any atom is -0.470 e. The van der Waals surface area contributed by atoms with E-state index < -0.39 is 75.0 Å². The van der Waals surface area contributed by atoms with E-state index in [1.807, 2.05) is 0 Å². The summed E-state index contributed by atoms with van der Waals surface area (Å²) in [6.45, 7) is 2.66. The van der Waals surface area contributed by atoms with Gasteiger partial charge in [-0.15, -0.1) is 0 Å². The van der Waals surface area contributed by atoms with Crippen LogP contribution in [0.1, 0.15) is 43.4 Å². The van der Waals surface area contributed by atoms with Crippen LogP contribution in [-0.2, 0) is 15.7 Å². The fourth-order valence-corrected chi connectivity index (χ4v) is 8.18. The van der Waals surface area contributed by atoms with E-state index in [1.54, 1.807) is 0 Å². The van der Waals surface area contributed by atoms with Gasteiger partial charge in [-0.2, -0.15) is 0 Å². The highest BCUT2D eigenvalue weighted by molar-refractivity contribution is 8.04. The van der Waals surface area contributed by atoms with E-state index in [4.69, 9.17) is 10.5 Å². The molecule has 1 fully saturated rings. The number of alkyl halides is 4. The average molecular weight is 564 g/mol. The van der Waals surface area contributed by atoms with Crippen molar-refractivity contribution in [3.8, 4) is 5.88 Å². The largest absolute Gasteiger partial charge is 0.470 e. The van der Waals surface area contributed by atoms with Crippen molar-refractivity contribution < 1.29 is 35.7 Å². The van der Waals surface area contributed by atoms with Crippen LogP contribution in [0.4, 0.5) is 27.8 Å². The molecular weight excluding hydrogens is 537 g/mol. The van der Waals surface area contributed by atoms with Crippen LogP contribution in [0.15, 0.2) is 29.5 Å². The summed E-state index contributed by atoms with van der Waals surface area (Å²) in [5, 5.41) is 1.02. The lowest BCUT2D eigenvalue weighted by Gasteiger charge is -2.56. The van der Waals surface area contributed by atoms with E-state index in [-0.39, 0.29) is 23.2 Å². The molecule has 0 radical (unpaired) electrons. The highest BCUT2D eigenvalue weighted by Gasteiger charge is 2.62. The number of carbonyl (C=O) groups excluding carboxylic acids is 1. The molecule has 4 N–H and O–H groups in total. The lowest BCUT2D eigenvalue weighted by molar-refractivity contribution is -0.0139. The van der Waals surface area contributed by atoms with Gasteiger partial charge in [-0.05, 0) is 43.0 Å². The van der Waals surface area contributed by atoms with Gasteiger partial charge in [-0.1, -0.05) is 0 Å². The third kappa shape index (κ3) is 4.81. The van der Waals surface area contributed by atoms with Crippen molar-refractivity contribution in [2.75, 3.05) is 18.5 Å². The second kappa shape index (κ2) is 9.48. The molecule has 0 unspecified atom stereocenters. The lowest BCUT2D eigenvalue weighted by atomic mass is 9.88. The number of halogens is 5. The van der Waals surface area contributed by atoms with Crippen molar-refractivity contribution in [3.05, 3.63) is 41.7 Å². The highest BCUT2D eigenvalue weighted by Crippen LogP contribution is 2.50. The maximum atomic E-state index is 15.2. The van der Waals surface area contributed by atoms with Gasteiger partial charge in [-0.25, -0.2) is 36.9 Å². The van der Waals surface area contributed by atoms with Crippen molar-refractivity contribution in [2.24, 2.45) is 10.7 Å². The number of nitrogens with two attached hydrogens (primary N) is 1. The van der Waals surface area contributed by atoms with Gasteiger partial charge in [0.2, 0.25) is 5.88 Å². The number of pyridine rings is 1. The average Bonchev–Trinajstić information content (AvgIpc) is 2.84. The minimum absolute atomic E-state index is 0.114. The number of nitrogens with one attached hydrogen (secondary N) is 2. The number of anilines is 1. The summed E-state index contributed by atoms with van der Waals surface area (Å²) in [4.78, 5) is 28.6. The van der Waals surface area contributed by atoms with Crippen LogP contribution in [0.25, 0.3) is 0 Å². The molecule has 0 aliphatic carbocycles. The number of nitrogens with zero attached hydrogens (tertiary/aromatic N) is 4. The monoisotopic (exact) mass is 563 g/mol. The van der Waals surface area contributed by atoms with E-state index >= 15 is 4.39 Å². The molecule has 4 heterocycles. The molecular formula is C22H26F5N7O3S. The second-order valence-electron chi connectivity index (χ2n) is 9.70. The zero-order valence-corrected chi connectivity index (χ0v) is 21.4. The smallest absolute Gasteiger partial charge is 0.277 e. The van der Waals surface area contributed by atoms with Crippen LogP contribution in [0.2, 0.25) is 0 Å². The summed E-state index contributed by atoms with van der Waals surface area (Å²) in [6.07, 6.45) is -1.62. The van der Waals surface area contributed by atoms with E-state index in [0.717, 1.165) is 24.5 Å². The molecule has 0 bridgehead atoms. The Morgan fingerprint density at radius 1 is 1.26 bits per heavy atom. The summed E-state index contributed by atoms with van der Waals surface area (Å²) in [5.41, 5.74) is 3.61. The number of rotatable bonds is 6. The van der Waals surface area contributed by atoms with Crippen LogP contribution >= 0.6 is 0 Å². The number of aromatic nitrogens is 3. The Morgan fingerprint density at radius 2 is 1.97 bits per heavy atom. The number of fused-ring (bicyclic) bond motifs is 1. The molecule has 2 aromatic rings. The molecule has 208 valence electrons. The summed E-state index contributed by atoms with van der Waals surface area (Å²) in [5.74, 6) is -5.53. The molecule has 0 saturated carbocycles. The third-order valence-corrected chi connectivity index (χ3v) is 10.8. The molecule has 2 atom stereocenters.